The number of aryl methyl sites for hydroxylation is 1. The molecule has 3 aromatic rings. The SMILES string of the molecule is CCc1nsc(N2CCN(C(=NC)NCc3ccccc3-n3cccn3)CC2)n1.I. The molecule has 1 N–H and O–H groups in total. The predicted octanol–water partition coefficient (Wildman–Crippen LogP) is 2.80. The van der Waals surface area contributed by atoms with E-state index >= 15 is 0 Å². The van der Waals surface area contributed by atoms with Crippen LogP contribution in [0.2, 0.25) is 0 Å². The number of halogens is 1. The molecule has 8 nitrogen and oxygen atoms in total. The second-order valence-electron chi connectivity index (χ2n) is 6.80. The molecular weight excluding hydrogens is 511 g/mol. The van der Waals surface area contributed by atoms with Crippen LogP contribution in [0, 0.1) is 0 Å². The van der Waals surface area contributed by atoms with Crippen molar-refractivity contribution in [2.24, 2.45) is 4.99 Å². The Morgan fingerprint density at radius 1 is 1.17 bits per heavy atom. The van der Waals surface area contributed by atoms with Crippen LogP contribution in [-0.4, -0.2) is 63.2 Å². The number of para-hydroxylation sites is 1. The average molecular weight is 538 g/mol. The zero-order valence-corrected chi connectivity index (χ0v) is 20.4. The molecule has 1 aliphatic heterocycles. The molecule has 0 bridgehead atoms. The van der Waals surface area contributed by atoms with E-state index in [2.05, 4.69) is 59.7 Å². The molecule has 3 heterocycles. The van der Waals surface area contributed by atoms with Crippen LogP contribution in [-0.2, 0) is 13.0 Å². The highest BCUT2D eigenvalue weighted by molar-refractivity contribution is 14.0. The number of aromatic nitrogens is 4. The number of anilines is 1. The fraction of sp³-hybridized carbons (Fsp3) is 0.400. The fourth-order valence-electron chi connectivity index (χ4n) is 3.43. The highest BCUT2D eigenvalue weighted by atomic mass is 127. The highest BCUT2D eigenvalue weighted by Gasteiger charge is 2.22. The van der Waals surface area contributed by atoms with E-state index in [-0.39, 0.29) is 24.0 Å². The van der Waals surface area contributed by atoms with E-state index in [1.165, 1.54) is 17.1 Å². The number of piperazine rings is 1. The van der Waals surface area contributed by atoms with Crippen molar-refractivity contribution in [3.05, 3.63) is 54.1 Å². The summed E-state index contributed by atoms with van der Waals surface area (Å²) < 4.78 is 6.30. The zero-order chi connectivity index (χ0) is 20.1. The lowest BCUT2D eigenvalue weighted by Gasteiger charge is -2.36. The third-order valence-corrected chi connectivity index (χ3v) is 5.83. The van der Waals surface area contributed by atoms with Crippen molar-refractivity contribution < 1.29 is 0 Å². The van der Waals surface area contributed by atoms with Crippen LogP contribution in [0.3, 0.4) is 0 Å². The number of benzene rings is 1. The van der Waals surface area contributed by atoms with Crippen molar-refractivity contribution in [2.45, 2.75) is 19.9 Å². The van der Waals surface area contributed by atoms with Gasteiger partial charge in [0.05, 0.1) is 5.69 Å². The van der Waals surface area contributed by atoms with Gasteiger partial charge in [0.1, 0.15) is 5.82 Å². The summed E-state index contributed by atoms with van der Waals surface area (Å²) in [6.45, 7) is 6.43. The van der Waals surface area contributed by atoms with Gasteiger partial charge in [-0.1, -0.05) is 25.1 Å². The molecule has 0 saturated carbocycles. The lowest BCUT2D eigenvalue weighted by atomic mass is 10.2. The van der Waals surface area contributed by atoms with Crippen LogP contribution in [0.25, 0.3) is 5.69 Å². The minimum Gasteiger partial charge on any atom is -0.352 e. The van der Waals surface area contributed by atoms with Crippen LogP contribution in [0.15, 0.2) is 47.7 Å². The Morgan fingerprint density at radius 3 is 2.63 bits per heavy atom. The normalized spacial score (nSPS) is 14.5. The third kappa shape index (κ3) is 5.09. The molecule has 1 aliphatic rings. The first kappa shape index (κ1) is 22.5. The van der Waals surface area contributed by atoms with E-state index in [0.717, 1.165) is 55.2 Å². The number of nitrogens with zero attached hydrogens (tertiary/aromatic N) is 7. The maximum Gasteiger partial charge on any atom is 0.205 e. The number of guanidine groups is 1. The molecular formula is C20H27IN8S. The van der Waals surface area contributed by atoms with Crippen molar-refractivity contribution in [1.29, 1.82) is 0 Å². The number of aliphatic imine (C=N–C) groups is 1. The quantitative estimate of drug-likeness (QED) is 0.306. The second-order valence-corrected chi connectivity index (χ2v) is 7.53. The maximum atomic E-state index is 4.61. The van der Waals surface area contributed by atoms with E-state index < -0.39 is 0 Å². The summed E-state index contributed by atoms with van der Waals surface area (Å²) in [6, 6.07) is 10.2. The predicted molar refractivity (Wildman–Crippen MR) is 132 cm³/mol. The Hall–Kier alpha value is -2.21. The summed E-state index contributed by atoms with van der Waals surface area (Å²) in [4.78, 5) is 13.7. The Balaban J connectivity index is 0.00000256. The van der Waals surface area contributed by atoms with Crippen molar-refractivity contribution in [3.8, 4) is 5.69 Å². The molecule has 0 unspecified atom stereocenters. The van der Waals surface area contributed by atoms with Crippen molar-refractivity contribution in [3.63, 3.8) is 0 Å². The Labute approximate surface area is 198 Å². The van der Waals surface area contributed by atoms with E-state index in [1.807, 2.05) is 30.1 Å². The molecule has 0 spiro atoms. The van der Waals surface area contributed by atoms with Gasteiger partial charge >= 0.3 is 0 Å². The summed E-state index contributed by atoms with van der Waals surface area (Å²) in [5, 5.41) is 8.90. The molecule has 0 radical (unpaired) electrons. The minimum atomic E-state index is 0. The van der Waals surface area contributed by atoms with E-state index in [9.17, 15) is 0 Å². The summed E-state index contributed by atoms with van der Waals surface area (Å²) in [5.74, 6) is 1.85. The molecule has 0 amide bonds. The largest absolute Gasteiger partial charge is 0.352 e. The summed E-state index contributed by atoms with van der Waals surface area (Å²) in [5.41, 5.74) is 2.25. The van der Waals surface area contributed by atoms with Gasteiger partial charge in [-0.25, -0.2) is 9.67 Å². The van der Waals surface area contributed by atoms with Gasteiger partial charge in [-0.15, -0.1) is 24.0 Å². The van der Waals surface area contributed by atoms with Crippen LogP contribution >= 0.6 is 35.5 Å². The van der Waals surface area contributed by atoms with Crippen LogP contribution in [0.5, 0.6) is 0 Å². The van der Waals surface area contributed by atoms with Crippen LogP contribution in [0.4, 0.5) is 5.13 Å². The van der Waals surface area contributed by atoms with Crippen LogP contribution in [0.1, 0.15) is 18.3 Å². The number of rotatable bonds is 5. The molecule has 30 heavy (non-hydrogen) atoms. The topological polar surface area (TPSA) is 74.5 Å². The van der Waals surface area contributed by atoms with Gasteiger partial charge < -0.3 is 15.1 Å². The lowest BCUT2D eigenvalue weighted by molar-refractivity contribution is 0.372. The number of hydrogen-bond donors (Lipinski definition) is 1. The molecule has 2 aromatic heterocycles. The van der Waals surface area contributed by atoms with E-state index in [0.29, 0.717) is 6.54 Å². The number of nitrogens with one attached hydrogen (secondary N) is 1. The van der Waals surface area contributed by atoms with E-state index in [1.54, 1.807) is 6.20 Å². The van der Waals surface area contributed by atoms with Gasteiger partial charge in [0.25, 0.3) is 0 Å². The van der Waals surface area contributed by atoms with Gasteiger partial charge in [0, 0.05) is 70.1 Å². The van der Waals surface area contributed by atoms with Gasteiger partial charge in [0.2, 0.25) is 5.13 Å². The molecule has 0 atom stereocenters. The average Bonchev–Trinajstić information content (AvgIpc) is 3.47. The highest BCUT2D eigenvalue weighted by Crippen LogP contribution is 2.19. The van der Waals surface area contributed by atoms with Crippen LogP contribution < -0.4 is 10.2 Å². The second kappa shape index (κ2) is 10.7. The standard InChI is InChI=1S/C20H26N8S.HI/c1-3-18-24-20(29-25-18)27-13-11-26(12-14-27)19(21-2)22-15-16-7-4-5-8-17(16)28-10-6-9-23-28;/h4-10H,3,11-15H2,1-2H3,(H,21,22);1H. The summed E-state index contributed by atoms with van der Waals surface area (Å²) in [7, 11) is 1.84. The molecule has 1 fully saturated rings. The van der Waals surface area contributed by atoms with Gasteiger partial charge in [-0.2, -0.15) is 9.47 Å². The smallest absolute Gasteiger partial charge is 0.205 e. The van der Waals surface area contributed by atoms with Gasteiger partial charge in [-0.05, 0) is 17.7 Å². The first-order valence-corrected chi connectivity index (χ1v) is 10.7. The number of hydrogen-bond acceptors (Lipinski definition) is 6. The molecule has 0 aliphatic carbocycles. The Kier molecular flexibility index (Phi) is 8.02. The molecule has 160 valence electrons. The van der Waals surface area contributed by atoms with Gasteiger partial charge in [0.15, 0.2) is 5.96 Å². The fourth-order valence-corrected chi connectivity index (χ4v) is 4.23. The van der Waals surface area contributed by atoms with Crippen molar-refractivity contribution >= 4 is 46.6 Å². The molecule has 4 rings (SSSR count). The monoisotopic (exact) mass is 538 g/mol. The van der Waals surface area contributed by atoms with E-state index in [4.69, 9.17) is 0 Å². The zero-order valence-electron chi connectivity index (χ0n) is 17.2. The first-order chi connectivity index (χ1) is 14.3. The Bertz CT molecular complexity index is 947. The summed E-state index contributed by atoms with van der Waals surface area (Å²) in [6.07, 6.45) is 4.64. The summed E-state index contributed by atoms with van der Waals surface area (Å²) >= 11 is 1.50. The van der Waals surface area contributed by atoms with Crippen molar-refractivity contribution in [2.75, 3.05) is 38.1 Å². The first-order valence-electron chi connectivity index (χ1n) is 9.89. The molecule has 1 aromatic carbocycles. The van der Waals surface area contributed by atoms with Gasteiger partial charge in [-0.3, -0.25) is 4.99 Å². The van der Waals surface area contributed by atoms with Crippen molar-refractivity contribution in [1.82, 2.24) is 29.4 Å². The molecule has 1 saturated heterocycles. The maximum absolute atomic E-state index is 4.61. The lowest BCUT2D eigenvalue weighted by Crippen LogP contribution is -2.52. The molecule has 10 heteroatoms. The third-order valence-electron chi connectivity index (χ3n) is 5.01. The Morgan fingerprint density at radius 2 is 1.97 bits per heavy atom. The minimum absolute atomic E-state index is 0.